The van der Waals surface area contributed by atoms with Crippen LogP contribution in [0.25, 0.3) is 16.6 Å². The normalized spacial score (nSPS) is 12.0. The van der Waals surface area contributed by atoms with E-state index in [1.54, 1.807) is 46.8 Å². The monoisotopic (exact) mass is 403 g/mol. The predicted molar refractivity (Wildman–Crippen MR) is 118 cm³/mol. The van der Waals surface area contributed by atoms with E-state index in [4.69, 9.17) is 9.72 Å². The van der Waals surface area contributed by atoms with E-state index < -0.39 is 17.7 Å². The Labute approximate surface area is 175 Å². The Balaban J connectivity index is 2.21. The van der Waals surface area contributed by atoms with Crippen LogP contribution in [0.1, 0.15) is 52.0 Å². The van der Waals surface area contributed by atoms with Gasteiger partial charge in [0, 0.05) is 5.56 Å². The minimum Gasteiger partial charge on any atom is -0.444 e. The van der Waals surface area contributed by atoms with Crippen LogP contribution in [0.15, 0.2) is 53.3 Å². The molecule has 6 nitrogen and oxygen atoms in total. The number of hydrogen-bond donors (Lipinski definition) is 1. The summed E-state index contributed by atoms with van der Waals surface area (Å²) in [4.78, 5) is 30.6. The summed E-state index contributed by atoms with van der Waals surface area (Å²) in [6, 6.07) is 14.0. The van der Waals surface area contributed by atoms with Gasteiger partial charge in [0.2, 0.25) is 0 Å². The second-order valence-electron chi connectivity index (χ2n) is 7.89. The standard InChI is InChI=1S/C24H25N3O3/c1-6-11-17-12-10-15-19-20(17)22(28)27(18-13-8-7-9-14-18)21(26-19)16(2)25-23(29)30-24(3,4)5/h7-10,12-16H,1-5H3,(H,25,29)/t16-/m0/s1. The van der Waals surface area contributed by atoms with E-state index in [1.165, 1.54) is 4.57 Å². The first kappa shape index (κ1) is 21.1. The first-order valence-corrected chi connectivity index (χ1v) is 9.74. The average molecular weight is 403 g/mol. The molecule has 1 atom stereocenters. The zero-order valence-corrected chi connectivity index (χ0v) is 17.8. The van der Waals surface area contributed by atoms with Gasteiger partial charge in [0.1, 0.15) is 11.4 Å². The van der Waals surface area contributed by atoms with Crippen molar-refractivity contribution < 1.29 is 9.53 Å². The summed E-state index contributed by atoms with van der Waals surface area (Å²) < 4.78 is 6.88. The fourth-order valence-corrected chi connectivity index (χ4v) is 3.15. The Kier molecular flexibility index (Phi) is 5.93. The van der Waals surface area contributed by atoms with Crippen LogP contribution < -0.4 is 10.9 Å². The predicted octanol–water partition coefficient (Wildman–Crippen LogP) is 4.34. The maximum Gasteiger partial charge on any atom is 0.408 e. The van der Waals surface area contributed by atoms with Gasteiger partial charge in [-0.25, -0.2) is 9.78 Å². The van der Waals surface area contributed by atoms with Gasteiger partial charge in [-0.1, -0.05) is 30.2 Å². The van der Waals surface area contributed by atoms with Crippen LogP contribution >= 0.6 is 0 Å². The molecule has 0 saturated carbocycles. The molecule has 0 aliphatic rings. The highest BCUT2D eigenvalue weighted by atomic mass is 16.6. The van der Waals surface area contributed by atoms with E-state index in [1.807, 2.05) is 36.4 Å². The molecule has 1 N–H and O–H groups in total. The number of nitrogens with zero attached hydrogens (tertiary/aromatic N) is 2. The smallest absolute Gasteiger partial charge is 0.408 e. The van der Waals surface area contributed by atoms with E-state index in [2.05, 4.69) is 17.2 Å². The number of alkyl carbamates (subject to hydrolysis) is 1. The number of carbonyl (C=O) groups excluding carboxylic acids is 1. The molecule has 0 bridgehead atoms. The Bertz CT molecular complexity index is 1200. The highest BCUT2D eigenvalue weighted by Crippen LogP contribution is 2.20. The molecule has 0 saturated heterocycles. The first-order valence-electron chi connectivity index (χ1n) is 9.74. The lowest BCUT2D eigenvalue weighted by molar-refractivity contribution is 0.0505. The molecular weight excluding hydrogens is 378 g/mol. The molecule has 3 rings (SSSR count). The molecule has 1 amide bonds. The van der Waals surface area contributed by atoms with Crippen molar-refractivity contribution in [3.63, 3.8) is 0 Å². The molecule has 3 aromatic rings. The Morgan fingerprint density at radius 2 is 1.83 bits per heavy atom. The Hall–Kier alpha value is -3.59. The van der Waals surface area contributed by atoms with Crippen LogP contribution in [0.4, 0.5) is 4.79 Å². The van der Waals surface area contributed by atoms with E-state index in [-0.39, 0.29) is 5.56 Å². The SMILES string of the molecule is CC#Cc1cccc2nc([C@H](C)NC(=O)OC(C)(C)C)n(-c3ccccc3)c(=O)c12. The van der Waals surface area contributed by atoms with Crippen molar-refractivity contribution in [3.05, 3.63) is 70.3 Å². The quantitative estimate of drug-likeness (QED) is 0.660. The molecule has 2 aromatic carbocycles. The minimum atomic E-state index is -0.632. The lowest BCUT2D eigenvalue weighted by Crippen LogP contribution is -2.37. The van der Waals surface area contributed by atoms with Crippen molar-refractivity contribution in [2.75, 3.05) is 0 Å². The summed E-state index contributed by atoms with van der Waals surface area (Å²) in [6.45, 7) is 8.88. The number of benzene rings is 2. The van der Waals surface area contributed by atoms with Crippen LogP contribution in [0, 0.1) is 11.8 Å². The highest BCUT2D eigenvalue weighted by molar-refractivity contribution is 5.84. The molecular formula is C24H25N3O3. The summed E-state index contributed by atoms with van der Waals surface area (Å²) in [5, 5.41) is 3.23. The number of nitrogens with one attached hydrogen (secondary N) is 1. The van der Waals surface area contributed by atoms with Crippen LogP contribution in [-0.4, -0.2) is 21.2 Å². The average Bonchev–Trinajstić information content (AvgIpc) is 2.67. The third-order valence-electron chi connectivity index (χ3n) is 4.32. The lowest BCUT2D eigenvalue weighted by Gasteiger charge is -2.23. The van der Waals surface area contributed by atoms with E-state index in [9.17, 15) is 9.59 Å². The number of hydrogen-bond acceptors (Lipinski definition) is 4. The number of ether oxygens (including phenoxy) is 1. The van der Waals surface area contributed by atoms with Gasteiger partial charge in [0.25, 0.3) is 5.56 Å². The van der Waals surface area contributed by atoms with Gasteiger partial charge in [-0.3, -0.25) is 9.36 Å². The zero-order valence-electron chi connectivity index (χ0n) is 17.8. The third kappa shape index (κ3) is 4.52. The minimum absolute atomic E-state index is 0.239. The summed E-state index contributed by atoms with van der Waals surface area (Å²) in [5.74, 6) is 6.24. The first-order chi connectivity index (χ1) is 14.2. The largest absolute Gasteiger partial charge is 0.444 e. The lowest BCUT2D eigenvalue weighted by atomic mass is 10.1. The molecule has 0 fully saturated rings. The van der Waals surface area contributed by atoms with Crippen molar-refractivity contribution in [2.24, 2.45) is 0 Å². The maximum absolute atomic E-state index is 13.6. The highest BCUT2D eigenvalue weighted by Gasteiger charge is 2.23. The topological polar surface area (TPSA) is 73.2 Å². The van der Waals surface area contributed by atoms with Gasteiger partial charge in [0.15, 0.2) is 0 Å². The Morgan fingerprint density at radius 1 is 1.13 bits per heavy atom. The van der Waals surface area contributed by atoms with Crippen molar-refractivity contribution in [1.82, 2.24) is 14.9 Å². The Morgan fingerprint density at radius 3 is 2.47 bits per heavy atom. The number of para-hydroxylation sites is 1. The molecule has 0 unspecified atom stereocenters. The molecule has 6 heteroatoms. The summed E-state index contributed by atoms with van der Waals surface area (Å²) in [5.41, 5.74) is 0.936. The van der Waals surface area contributed by atoms with Gasteiger partial charge in [0.05, 0.1) is 22.6 Å². The molecule has 0 radical (unpaired) electrons. The van der Waals surface area contributed by atoms with Crippen molar-refractivity contribution in [1.29, 1.82) is 0 Å². The van der Waals surface area contributed by atoms with Crippen LogP contribution in [0.2, 0.25) is 0 Å². The fraction of sp³-hybridized carbons (Fsp3) is 0.292. The number of fused-ring (bicyclic) bond motifs is 1. The molecule has 0 aliphatic heterocycles. The molecule has 154 valence electrons. The van der Waals surface area contributed by atoms with Gasteiger partial charge in [-0.15, -0.1) is 5.92 Å². The summed E-state index contributed by atoms with van der Waals surface area (Å²) in [6.07, 6.45) is -0.574. The molecule has 0 spiro atoms. The molecule has 1 heterocycles. The summed E-state index contributed by atoms with van der Waals surface area (Å²) >= 11 is 0. The van der Waals surface area contributed by atoms with E-state index >= 15 is 0 Å². The fourth-order valence-electron chi connectivity index (χ4n) is 3.15. The molecule has 30 heavy (non-hydrogen) atoms. The van der Waals surface area contributed by atoms with Crippen LogP contribution in [0.5, 0.6) is 0 Å². The van der Waals surface area contributed by atoms with Crippen LogP contribution in [0.3, 0.4) is 0 Å². The van der Waals surface area contributed by atoms with Crippen LogP contribution in [-0.2, 0) is 4.74 Å². The molecule has 0 aliphatic carbocycles. The third-order valence-corrected chi connectivity index (χ3v) is 4.32. The second kappa shape index (κ2) is 8.42. The van der Waals surface area contributed by atoms with Gasteiger partial charge in [-0.2, -0.15) is 0 Å². The summed E-state index contributed by atoms with van der Waals surface area (Å²) in [7, 11) is 0. The number of rotatable bonds is 3. The van der Waals surface area contributed by atoms with Gasteiger partial charge in [-0.05, 0) is 58.9 Å². The number of aromatic nitrogens is 2. The maximum atomic E-state index is 13.6. The van der Waals surface area contributed by atoms with E-state index in [0.29, 0.717) is 28.0 Å². The van der Waals surface area contributed by atoms with Crippen molar-refractivity contribution in [3.8, 4) is 17.5 Å². The van der Waals surface area contributed by atoms with E-state index in [0.717, 1.165) is 0 Å². The van der Waals surface area contributed by atoms with Crippen molar-refractivity contribution in [2.45, 2.75) is 46.3 Å². The zero-order chi connectivity index (χ0) is 21.9. The van der Waals surface area contributed by atoms with Gasteiger partial charge < -0.3 is 10.1 Å². The molecule has 1 aromatic heterocycles. The van der Waals surface area contributed by atoms with Gasteiger partial charge >= 0.3 is 6.09 Å². The second-order valence-corrected chi connectivity index (χ2v) is 7.89. The number of carbonyl (C=O) groups is 1. The van der Waals surface area contributed by atoms with Crippen molar-refractivity contribution >= 4 is 17.0 Å². The number of amides is 1.